The summed E-state index contributed by atoms with van der Waals surface area (Å²) < 4.78 is 0. The Hall–Kier alpha value is -0.610. The van der Waals surface area contributed by atoms with Crippen LogP contribution in [-0.2, 0) is 4.79 Å². The molecule has 0 radical (unpaired) electrons. The zero-order valence-electron chi connectivity index (χ0n) is 8.83. The Labute approximate surface area is 85.2 Å². The van der Waals surface area contributed by atoms with E-state index in [1.807, 2.05) is 12.1 Å². The van der Waals surface area contributed by atoms with Crippen molar-refractivity contribution in [2.24, 2.45) is 5.92 Å². The van der Waals surface area contributed by atoms with Crippen LogP contribution < -0.4 is 5.32 Å². The van der Waals surface area contributed by atoms with E-state index >= 15 is 0 Å². The third-order valence-corrected chi connectivity index (χ3v) is 3.18. The van der Waals surface area contributed by atoms with Gasteiger partial charge in [0.1, 0.15) is 0 Å². The largest absolute Gasteiger partial charge is 0.316 e. The summed E-state index contributed by atoms with van der Waals surface area (Å²) in [6.07, 6.45) is 3.19. The Morgan fingerprint density at radius 1 is 1.57 bits per heavy atom. The highest BCUT2D eigenvalue weighted by Crippen LogP contribution is 2.16. The van der Waals surface area contributed by atoms with Gasteiger partial charge in [-0.3, -0.25) is 9.80 Å². The Balaban J connectivity index is 1.85. The van der Waals surface area contributed by atoms with Crippen LogP contribution >= 0.6 is 0 Å². The van der Waals surface area contributed by atoms with Crippen molar-refractivity contribution in [2.45, 2.75) is 19.3 Å². The van der Waals surface area contributed by atoms with Gasteiger partial charge in [0.15, 0.2) is 0 Å². The van der Waals surface area contributed by atoms with E-state index in [0.717, 1.165) is 26.2 Å². The number of amides is 1. The van der Waals surface area contributed by atoms with E-state index in [4.69, 9.17) is 0 Å². The average molecular weight is 197 g/mol. The second-order valence-corrected chi connectivity index (χ2v) is 4.32. The van der Waals surface area contributed by atoms with Gasteiger partial charge in [0.2, 0.25) is 5.91 Å². The Bertz CT molecular complexity index is 213. The summed E-state index contributed by atoms with van der Waals surface area (Å²) in [5.41, 5.74) is 0. The molecule has 0 aliphatic carbocycles. The molecule has 1 unspecified atom stereocenters. The first kappa shape index (κ1) is 9.93. The molecule has 2 heterocycles. The molecule has 80 valence electrons. The molecule has 0 saturated carbocycles. The first-order chi connectivity index (χ1) is 6.77. The lowest BCUT2D eigenvalue weighted by atomic mass is 9.99. The molecule has 2 saturated heterocycles. The maximum absolute atomic E-state index is 11.5. The predicted octanol–water partition coefficient (Wildman–Crippen LogP) is 0.0651. The number of piperidine rings is 1. The summed E-state index contributed by atoms with van der Waals surface area (Å²) in [6, 6.07) is 0. The van der Waals surface area contributed by atoms with Crippen molar-refractivity contribution in [2.75, 3.05) is 33.2 Å². The maximum Gasteiger partial charge on any atom is 0.238 e. The van der Waals surface area contributed by atoms with E-state index in [-0.39, 0.29) is 5.91 Å². The lowest BCUT2D eigenvalue weighted by Gasteiger charge is -2.31. The second kappa shape index (κ2) is 4.28. The number of rotatable bonds is 2. The number of hydrazine groups is 1. The molecule has 1 atom stereocenters. The van der Waals surface area contributed by atoms with Gasteiger partial charge in [-0.15, -0.1) is 0 Å². The van der Waals surface area contributed by atoms with Gasteiger partial charge in [0.05, 0.1) is 0 Å². The van der Waals surface area contributed by atoms with Crippen molar-refractivity contribution in [3.8, 4) is 0 Å². The van der Waals surface area contributed by atoms with Crippen LogP contribution in [0.4, 0.5) is 0 Å². The average Bonchev–Trinajstić information content (AvgIpc) is 2.51. The maximum atomic E-state index is 11.5. The molecule has 1 N–H and O–H groups in total. The molecular weight excluding hydrogens is 178 g/mol. The molecule has 0 aromatic heterocycles. The van der Waals surface area contributed by atoms with Crippen molar-refractivity contribution in [1.82, 2.24) is 15.3 Å². The third kappa shape index (κ3) is 2.07. The highest BCUT2D eigenvalue weighted by atomic mass is 16.2. The smallest absolute Gasteiger partial charge is 0.238 e. The molecule has 1 amide bonds. The Kier molecular flexibility index (Phi) is 3.03. The zero-order chi connectivity index (χ0) is 9.97. The van der Waals surface area contributed by atoms with E-state index in [1.165, 1.54) is 12.8 Å². The summed E-state index contributed by atoms with van der Waals surface area (Å²) in [5, 5.41) is 7.35. The molecule has 0 spiro atoms. The quantitative estimate of drug-likeness (QED) is 0.680. The van der Waals surface area contributed by atoms with Crippen molar-refractivity contribution >= 4 is 5.91 Å². The third-order valence-electron chi connectivity index (χ3n) is 3.18. The first-order valence-corrected chi connectivity index (χ1v) is 5.49. The van der Waals surface area contributed by atoms with Crippen LogP contribution in [0.25, 0.3) is 0 Å². The van der Waals surface area contributed by atoms with Gasteiger partial charge >= 0.3 is 0 Å². The van der Waals surface area contributed by atoms with Crippen molar-refractivity contribution in [3.63, 3.8) is 0 Å². The van der Waals surface area contributed by atoms with Gasteiger partial charge in [-0.2, -0.15) is 0 Å². The van der Waals surface area contributed by atoms with Gasteiger partial charge in [-0.1, -0.05) is 0 Å². The highest BCUT2D eigenvalue weighted by Gasteiger charge is 2.28. The van der Waals surface area contributed by atoms with Crippen molar-refractivity contribution < 1.29 is 4.79 Å². The molecule has 2 aliphatic rings. The summed E-state index contributed by atoms with van der Waals surface area (Å²) in [6.45, 7) is 4.00. The second-order valence-electron chi connectivity index (χ2n) is 4.32. The van der Waals surface area contributed by atoms with Gasteiger partial charge in [0, 0.05) is 26.6 Å². The van der Waals surface area contributed by atoms with Gasteiger partial charge in [-0.05, 0) is 31.8 Å². The molecule has 2 rings (SSSR count). The standard InChI is InChI=1S/C10H19N3O/c1-12-6-4-10(14)13(12)8-9-3-2-5-11-7-9/h9,11H,2-8H2,1H3. The first-order valence-electron chi connectivity index (χ1n) is 5.49. The number of carbonyl (C=O) groups excluding carboxylic acids is 1. The number of carbonyl (C=O) groups is 1. The van der Waals surface area contributed by atoms with Crippen molar-refractivity contribution in [3.05, 3.63) is 0 Å². The fourth-order valence-corrected chi connectivity index (χ4v) is 2.26. The number of hydrogen-bond donors (Lipinski definition) is 1. The fourth-order valence-electron chi connectivity index (χ4n) is 2.26. The number of nitrogens with one attached hydrogen (secondary N) is 1. The molecule has 14 heavy (non-hydrogen) atoms. The Morgan fingerprint density at radius 3 is 3.00 bits per heavy atom. The fraction of sp³-hybridized carbons (Fsp3) is 0.900. The van der Waals surface area contributed by atoms with E-state index < -0.39 is 0 Å². The zero-order valence-corrected chi connectivity index (χ0v) is 8.83. The molecule has 4 heteroatoms. The molecule has 0 aromatic carbocycles. The van der Waals surface area contributed by atoms with Gasteiger partial charge in [0.25, 0.3) is 0 Å². The highest BCUT2D eigenvalue weighted by molar-refractivity contribution is 5.77. The normalized spacial score (nSPS) is 29.9. The van der Waals surface area contributed by atoms with Crippen LogP contribution in [0.5, 0.6) is 0 Å². The van der Waals surface area contributed by atoms with Crippen LogP contribution in [0.15, 0.2) is 0 Å². The van der Waals surface area contributed by atoms with Crippen LogP contribution in [0.3, 0.4) is 0 Å². The molecule has 0 bridgehead atoms. The summed E-state index contributed by atoms with van der Waals surface area (Å²) in [4.78, 5) is 11.5. The molecule has 4 nitrogen and oxygen atoms in total. The summed E-state index contributed by atoms with van der Waals surface area (Å²) >= 11 is 0. The Morgan fingerprint density at radius 2 is 2.43 bits per heavy atom. The molecular formula is C10H19N3O. The monoisotopic (exact) mass is 197 g/mol. The van der Waals surface area contributed by atoms with E-state index in [9.17, 15) is 4.79 Å². The van der Waals surface area contributed by atoms with E-state index in [2.05, 4.69) is 10.3 Å². The van der Waals surface area contributed by atoms with Gasteiger partial charge < -0.3 is 5.32 Å². The van der Waals surface area contributed by atoms with Crippen LogP contribution in [-0.4, -0.2) is 49.2 Å². The van der Waals surface area contributed by atoms with Crippen LogP contribution in [0, 0.1) is 5.92 Å². The predicted molar refractivity (Wildman–Crippen MR) is 54.6 cm³/mol. The van der Waals surface area contributed by atoms with E-state index in [1.54, 1.807) is 0 Å². The van der Waals surface area contributed by atoms with Crippen molar-refractivity contribution in [1.29, 1.82) is 0 Å². The SMILES string of the molecule is CN1CCC(=O)N1CC1CCCNC1. The number of nitrogens with zero attached hydrogens (tertiary/aromatic N) is 2. The van der Waals surface area contributed by atoms with Crippen LogP contribution in [0.2, 0.25) is 0 Å². The lowest BCUT2D eigenvalue weighted by molar-refractivity contribution is -0.137. The minimum Gasteiger partial charge on any atom is -0.316 e. The summed E-state index contributed by atoms with van der Waals surface area (Å²) in [5.74, 6) is 0.936. The molecule has 2 aliphatic heterocycles. The minimum absolute atomic E-state index is 0.290. The molecule has 2 fully saturated rings. The van der Waals surface area contributed by atoms with E-state index in [0.29, 0.717) is 12.3 Å². The van der Waals surface area contributed by atoms with Gasteiger partial charge in [-0.25, -0.2) is 5.01 Å². The minimum atomic E-state index is 0.290. The topological polar surface area (TPSA) is 35.6 Å². The van der Waals surface area contributed by atoms with Crippen LogP contribution in [0.1, 0.15) is 19.3 Å². The molecule has 0 aromatic rings. The summed E-state index contributed by atoms with van der Waals surface area (Å²) in [7, 11) is 2.00. The lowest BCUT2D eigenvalue weighted by Crippen LogP contribution is -2.43. The number of hydrogen-bond acceptors (Lipinski definition) is 3.